The molecule has 0 saturated heterocycles. The Morgan fingerprint density at radius 1 is 0.330 bits per heavy atom. The lowest BCUT2D eigenvalue weighted by atomic mass is 9.85. The normalized spacial score (nSPS) is 12.3. The van der Waals surface area contributed by atoms with Gasteiger partial charge in [0, 0.05) is 68.8 Å². The first-order valence-corrected chi connectivity index (χ1v) is 49.6. The van der Waals surface area contributed by atoms with E-state index in [0.717, 1.165) is 6.42 Å². The number of aryl methyl sites for hydroxylation is 10. The summed E-state index contributed by atoms with van der Waals surface area (Å²) in [5.41, 5.74) is 28.0. The van der Waals surface area contributed by atoms with E-state index in [9.17, 15) is 0 Å². The highest BCUT2D eigenvalue weighted by molar-refractivity contribution is 6.90. The molecule has 4 heterocycles. The summed E-state index contributed by atoms with van der Waals surface area (Å²) in [5, 5.41) is 6.35. The van der Waals surface area contributed by atoms with Crippen molar-refractivity contribution in [3.8, 4) is 45.0 Å². The molecule has 0 aliphatic carbocycles. The molecule has 0 atom stereocenters. The molecule has 0 saturated carbocycles. The maximum Gasteiger partial charge on any atom is 0.212 e. The minimum Gasteiger partial charge on any atom is -0.201 e. The molecule has 4 aromatic carbocycles. The van der Waals surface area contributed by atoms with Crippen LogP contribution in [0.4, 0.5) is 0 Å². The van der Waals surface area contributed by atoms with Gasteiger partial charge in [0.25, 0.3) is 0 Å². The van der Waals surface area contributed by atoms with Crippen molar-refractivity contribution in [2.45, 2.75) is 246 Å². The molecular formula is C86H132N4Si4+4. The third kappa shape index (κ3) is 20.2. The molecule has 0 amide bonds. The molecular weight excluding hydrogens is 1200 g/mol. The van der Waals surface area contributed by atoms with Crippen LogP contribution in [0.2, 0.25) is 78.6 Å². The predicted molar refractivity (Wildman–Crippen MR) is 426 cm³/mol. The molecule has 0 bridgehead atoms. The molecule has 0 N–H and O–H groups in total. The quantitative estimate of drug-likeness (QED) is 0.0762. The largest absolute Gasteiger partial charge is 0.212 e. The number of hydrogen-bond donors (Lipinski definition) is 0. The summed E-state index contributed by atoms with van der Waals surface area (Å²) in [4.78, 5) is 0. The van der Waals surface area contributed by atoms with Crippen molar-refractivity contribution in [2.24, 2.45) is 34.1 Å². The fraction of sp³-hybridized carbons (Fsp3) is 0.488. The van der Waals surface area contributed by atoms with Gasteiger partial charge in [-0.3, -0.25) is 0 Å². The van der Waals surface area contributed by atoms with Gasteiger partial charge in [-0.15, -0.1) is 0 Å². The average molecular weight is 1330 g/mol. The topological polar surface area (TPSA) is 15.5 Å². The zero-order valence-corrected chi connectivity index (χ0v) is 70.4. The maximum absolute atomic E-state index is 2.49. The molecule has 0 fully saturated rings. The van der Waals surface area contributed by atoms with E-state index in [0.29, 0.717) is 29.6 Å². The monoisotopic (exact) mass is 1330 g/mol. The summed E-state index contributed by atoms with van der Waals surface area (Å²) >= 11 is 0. The van der Waals surface area contributed by atoms with Crippen LogP contribution in [0.3, 0.4) is 0 Å². The second-order valence-electron chi connectivity index (χ2n) is 34.8. The molecule has 0 unspecified atom stereocenters. The van der Waals surface area contributed by atoms with Crippen LogP contribution >= 0.6 is 0 Å². The summed E-state index contributed by atoms with van der Waals surface area (Å²) < 4.78 is 9.24. The summed E-state index contributed by atoms with van der Waals surface area (Å²) in [5.74, 6) is 2.94. The first-order chi connectivity index (χ1) is 43.0. The molecule has 4 nitrogen and oxygen atoms in total. The Labute approximate surface area is 580 Å². The van der Waals surface area contributed by atoms with Crippen LogP contribution < -0.4 is 39.0 Å². The van der Waals surface area contributed by atoms with E-state index in [1.807, 2.05) is 0 Å². The smallest absolute Gasteiger partial charge is 0.201 e. The van der Waals surface area contributed by atoms with E-state index >= 15 is 0 Å². The predicted octanol–water partition coefficient (Wildman–Crippen LogP) is 19.7. The first-order valence-electron chi connectivity index (χ1n) is 35.6. The molecule has 508 valence electrons. The summed E-state index contributed by atoms with van der Waals surface area (Å²) in [6, 6.07) is 37.5. The summed E-state index contributed by atoms with van der Waals surface area (Å²) in [6.45, 7) is 72.5. The van der Waals surface area contributed by atoms with Crippen LogP contribution in [0.1, 0.15) is 180 Å². The number of nitrogens with zero attached hydrogens (tertiary/aromatic N) is 4. The SMILES string of the molecule is Cc1cc(C(C)(C)C)ccc1-c1cc([Si](C)(C)C)c(C)c[n+]1C.Cc1ccc(C(C)C)cc1-c1cc([Si](C)(C)C)c(C(C)C)c[n+]1C.Cc1ccc(C)c(-c2cc([Si](C)(C)C)c(C(C)C)c[n+]2C)c1.Cc1ccc(CC(C)C)cc1-c1cc([Si](C)(C)C)c(C(C)C)c[n+]1C. The summed E-state index contributed by atoms with van der Waals surface area (Å²) in [6.07, 6.45) is 10.5. The highest BCUT2D eigenvalue weighted by atomic mass is 28.3. The summed E-state index contributed by atoms with van der Waals surface area (Å²) in [7, 11) is 3.23. The second kappa shape index (κ2) is 31.3. The lowest BCUT2D eigenvalue weighted by Gasteiger charge is -2.23. The van der Waals surface area contributed by atoms with Crippen LogP contribution in [0.5, 0.6) is 0 Å². The van der Waals surface area contributed by atoms with Crippen LogP contribution in [-0.2, 0) is 40.0 Å². The van der Waals surface area contributed by atoms with Crippen molar-refractivity contribution in [2.75, 3.05) is 0 Å². The van der Waals surface area contributed by atoms with E-state index in [1.165, 1.54) is 112 Å². The van der Waals surface area contributed by atoms with Gasteiger partial charge < -0.3 is 0 Å². The standard InChI is InChI=1S/C23H36NSi.C22H34NSi.C21H32NSi.C20H30NSi/c1-16(2)12-19-11-10-18(5)20(13-19)22-14-23(25(7,8)9)21(17(3)4)15-24(22)6;1-15(2)18-11-10-17(5)19(12-18)21-13-22(24(7,8)9)20(16(3)4)14-23(21)6;1-15-12-17(21(3,4)5)10-11-18(15)19-13-20(23(7,8)9)16(2)14-22(19)6;1-14(2)18-13-21(5)19(12-20(18)22(6,7)8)17-11-15(3)9-10-16(17)4/h10-11,13-17H,12H2,1-9H3;10-16H,1-9H3;10-14H,1-9H3;9-14H,1-8H3/q4*+1. The minimum atomic E-state index is -1.40. The first kappa shape index (κ1) is 79.0. The van der Waals surface area contributed by atoms with Crippen molar-refractivity contribution < 1.29 is 18.3 Å². The molecule has 4 aromatic heterocycles. The molecule has 0 spiro atoms. The molecule has 8 heteroatoms. The van der Waals surface area contributed by atoms with Crippen molar-refractivity contribution in [1.82, 2.24) is 0 Å². The number of hydrogen-bond acceptors (Lipinski definition) is 0. The number of aromatic nitrogens is 4. The Bertz CT molecular complexity index is 3940. The van der Waals surface area contributed by atoms with Gasteiger partial charge in [-0.1, -0.05) is 223 Å². The third-order valence-corrected chi connectivity index (χ3v) is 27.3. The van der Waals surface area contributed by atoms with E-state index in [4.69, 9.17) is 0 Å². The van der Waals surface area contributed by atoms with Gasteiger partial charge in [0.05, 0.1) is 32.3 Å². The van der Waals surface area contributed by atoms with E-state index in [2.05, 4.69) is 378 Å². The zero-order valence-electron chi connectivity index (χ0n) is 66.4. The molecule has 8 aromatic rings. The van der Waals surface area contributed by atoms with Crippen LogP contribution in [0, 0.1) is 47.5 Å². The minimum absolute atomic E-state index is 0.197. The fourth-order valence-corrected chi connectivity index (χ4v) is 20.4. The number of rotatable bonds is 14. The Kier molecular flexibility index (Phi) is 26.3. The molecule has 8 rings (SSSR count). The van der Waals surface area contributed by atoms with Gasteiger partial charge in [0.2, 0.25) is 22.8 Å². The number of pyridine rings is 4. The highest BCUT2D eigenvalue weighted by Crippen LogP contribution is 2.32. The molecule has 94 heavy (non-hydrogen) atoms. The van der Waals surface area contributed by atoms with Gasteiger partial charge in [-0.2, -0.15) is 0 Å². The Hall–Kier alpha value is -5.65. The van der Waals surface area contributed by atoms with Crippen molar-refractivity contribution in [1.29, 1.82) is 0 Å². The second-order valence-corrected chi connectivity index (χ2v) is 55.0. The molecule has 0 aliphatic rings. The van der Waals surface area contributed by atoms with Gasteiger partial charge in [-0.25, -0.2) is 18.3 Å². The fourth-order valence-electron chi connectivity index (χ4n) is 13.2. The van der Waals surface area contributed by atoms with Gasteiger partial charge in [0.1, 0.15) is 28.2 Å². The van der Waals surface area contributed by atoms with Gasteiger partial charge >= 0.3 is 0 Å². The van der Waals surface area contributed by atoms with E-state index in [1.54, 1.807) is 20.7 Å². The van der Waals surface area contributed by atoms with Crippen molar-refractivity contribution >= 4 is 53.0 Å². The Morgan fingerprint density at radius 3 is 1.04 bits per heavy atom. The van der Waals surface area contributed by atoms with Gasteiger partial charge in [-0.05, 0) is 167 Å². The van der Waals surface area contributed by atoms with E-state index in [-0.39, 0.29) is 5.41 Å². The molecule has 0 aliphatic heterocycles. The van der Waals surface area contributed by atoms with Crippen LogP contribution in [-0.4, -0.2) is 32.3 Å². The van der Waals surface area contributed by atoms with E-state index < -0.39 is 32.3 Å². The van der Waals surface area contributed by atoms with Gasteiger partial charge in [0.15, 0.2) is 24.8 Å². The lowest BCUT2D eigenvalue weighted by molar-refractivity contribution is -0.660. The highest BCUT2D eigenvalue weighted by Gasteiger charge is 2.32. The Balaban J connectivity index is 0.000000227. The third-order valence-electron chi connectivity index (χ3n) is 18.9. The average Bonchev–Trinajstić information content (AvgIpc) is 0.802. The zero-order chi connectivity index (χ0) is 71.4. The number of benzene rings is 4. The van der Waals surface area contributed by atoms with Crippen molar-refractivity contribution in [3.63, 3.8) is 0 Å². The molecule has 0 radical (unpaired) electrons. The van der Waals surface area contributed by atoms with Crippen LogP contribution in [0.15, 0.2) is 122 Å². The Morgan fingerprint density at radius 2 is 0.681 bits per heavy atom. The van der Waals surface area contributed by atoms with Crippen LogP contribution in [0.25, 0.3) is 45.0 Å². The maximum atomic E-state index is 2.49. The lowest BCUT2D eigenvalue weighted by Crippen LogP contribution is -2.45. The van der Waals surface area contributed by atoms with Crippen molar-refractivity contribution in [3.05, 3.63) is 189 Å².